The van der Waals surface area contributed by atoms with E-state index < -0.39 is 5.97 Å². The van der Waals surface area contributed by atoms with Crippen molar-refractivity contribution in [2.24, 2.45) is 5.92 Å². The minimum Gasteiger partial charge on any atom is -0.487 e. The third kappa shape index (κ3) is 3.59. The number of carboxylic acids is 1. The van der Waals surface area contributed by atoms with Gasteiger partial charge in [-0.25, -0.2) is 4.79 Å². The zero-order valence-corrected chi connectivity index (χ0v) is 18.6. The Morgan fingerprint density at radius 3 is 2.47 bits per heavy atom. The maximum Gasteiger partial charge on any atom is 0.335 e. The molecule has 0 aliphatic carbocycles. The first-order valence-electron chi connectivity index (χ1n) is 11.2. The lowest BCUT2D eigenvalue weighted by atomic mass is 9.70. The van der Waals surface area contributed by atoms with Crippen molar-refractivity contribution in [2.45, 2.75) is 50.9 Å². The molecule has 1 saturated heterocycles. The summed E-state index contributed by atoms with van der Waals surface area (Å²) >= 11 is 0. The zero-order valence-electron chi connectivity index (χ0n) is 18.6. The molecule has 0 saturated carbocycles. The average Bonchev–Trinajstić information content (AvgIpc) is 2.79. The van der Waals surface area contributed by atoms with Crippen molar-refractivity contribution in [3.63, 3.8) is 0 Å². The van der Waals surface area contributed by atoms with Crippen LogP contribution < -0.4 is 4.74 Å². The van der Waals surface area contributed by atoms with Crippen molar-refractivity contribution in [2.75, 3.05) is 0 Å². The van der Waals surface area contributed by atoms with Crippen molar-refractivity contribution >= 4 is 5.97 Å². The van der Waals surface area contributed by atoms with E-state index in [4.69, 9.17) is 9.47 Å². The smallest absolute Gasteiger partial charge is 0.335 e. The molecule has 1 N–H and O–H groups in total. The van der Waals surface area contributed by atoms with Gasteiger partial charge in [-0.2, -0.15) is 0 Å². The van der Waals surface area contributed by atoms with Crippen molar-refractivity contribution in [3.8, 4) is 16.9 Å². The number of hydrogen-bond acceptors (Lipinski definition) is 3. The molecule has 0 bridgehead atoms. The number of benzene rings is 3. The SMILES string of the molecule is C[C@@H]1O[C@@H]2c3cc(-c4cccc(C(=O)O)c4)ccc3OC(C)(C)[C@H]2C[C@H]1c1ccccc1. The van der Waals surface area contributed by atoms with Gasteiger partial charge in [-0.1, -0.05) is 48.5 Å². The summed E-state index contributed by atoms with van der Waals surface area (Å²) in [6, 6.07) is 23.7. The molecule has 0 amide bonds. The molecule has 4 heteroatoms. The topological polar surface area (TPSA) is 55.8 Å². The first-order valence-corrected chi connectivity index (χ1v) is 11.2. The van der Waals surface area contributed by atoms with Gasteiger partial charge in [-0.3, -0.25) is 0 Å². The lowest BCUT2D eigenvalue weighted by Gasteiger charge is -2.50. The van der Waals surface area contributed by atoms with E-state index in [9.17, 15) is 9.90 Å². The molecule has 0 unspecified atom stereocenters. The number of rotatable bonds is 3. The number of fused-ring (bicyclic) bond motifs is 3. The third-order valence-corrected chi connectivity index (χ3v) is 7.05. The Bertz CT molecular complexity index is 1150. The van der Waals surface area contributed by atoms with Crippen molar-refractivity contribution in [3.05, 3.63) is 89.5 Å². The van der Waals surface area contributed by atoms with Crippen LogP contribution >= 0.6 is 0 Å². The van der Waals surface area contributed by atoms with E-state index in [1.807, 2.05) is 24.3 Å². The standard InChI is InChI=1S/C28H28O4/c1-17-22(18-8-5-4-6-9-18)16-24-26(31-17)23-15-20(12-13-25(23)32-28(24,2)3)19-10-7-11-21(14-19)27(29)30/h4-15,17,22,24,26H,16H2,1-3H3,(H,29,30)/t17-,22+,24-,26+/m0/s1. The number of ether oxygens (including phenoxy) is 2. The largest absolute Gasteiger partial charge is 0.487 e. The summed E-state index contributed by atoms with van der Waals surface area (Å²) in [7, 11) is 0. The van der Waals surface area contributed by atoms with Crippen LogP contribution in [0.25, 0.3) is 11.1 Å². The molecule has 0 radical (unpaired) electrons. The van der Waals surface area contributed by atoms with Crippen LogP contribution in [0.1, 0.15) is 60.7 Å². The van der Waals surface area contributed by atoms with Crippen LogP contribution in [0.2, 0.25) is 0 Å². The molecule has 32 heavy (non-hydrogen) atoms. The highest BCUT2D eigenvalue weighted by Gasteiger charge is 2.49. The Balaban J connectivity index is 1.53. The number of carboxylic acid groups (broad SMARTS) is 1. The molecule has 0 aromatic heterocycles. The van der Waals surface area contributed by atoms with Gasteiger partial charge in [0.1, 0.15) is 11.4 Å². The van der Waals surface area contributed by atoms with E-state index in [1.165, 1.54) is 5.56 Å². The minimum atomic E-state index is -0.925. The second-order valence-corrected chi connectivity index (χ2v) is 9.47. The van der Waals surface area contributed by atoms with Crippen molar-refractivity contribution < 1.29 is 19.4 Å². The van der Waals surface area contributed by atoms with Gasteiger partial charge < -0.3 is 14.6 Å². The summed E-state index contributed by atoms with van der Waals surface area (Å²) < 4.78 is 13.2. The highest BCUT2D eigenvalue weighted by Crippen LogP contribution is 2.54. The molecular formula is C28H28O4. The van der Waals surface area contributed by atoms with E-state index >= 15 is 0 Å². The normalized spacial score (nSPS) is 25.8. The van der Waals surface area contributed by atoms with Gasteiger partial charge >= 0.3 is 5.97 Å². The molecule has 1 fully saturated rings. The van der Waals surface area contributed by atoms with E-state index in [2.05, 4.69) is 51.1 Å². The predicted octanol–water partition coefficient (Wildman–Crippen LogP) is 6.47. The van der Waals surface area contributed by atoms with Crippen LogP contribution in [-0.2, 0) is 4.74 Å². The van der Waals surface area contributed by atoms with Gasteiger partial charge in [0.05, 0.1) is 17.8 Å². The molecule has 2 aliphatic rings. The second kappa shape index (κ2) is 7.79. The first kappa shape index (κ1) is 20.8. The fraction of sp³-hybridized carbons (Fsp3) is 0.321. The molecule has 5 rings (SSSR count). The lowest BCUT2D eigenvalue weighted by molar-refractivity contribution is -0.153. The summed E-state index contributed by atoms with van der Waals surface area (Å²) in [5.74, 6) is 0.445. The predicted molar refractivity (Wildman–Crippen MR) is 124 cm³/mol. The van der Waals surface area contributed by atoms with Gasteiger partial charge in [0, 0.05) is 17.4 Å². The van der Waals surface area contributed by atoms with E-state index in [-0.39, 0.29) is 29.3 Å². The Kier molecular flexibility index (Phi) is 5.06. The third-order valence-electron chi connectivity index (χ3n) is 7.05. The van der Waals surface area contributed by atoms with Crippen LogP contribution in [0, 0.1) is 5.92 Å². The van der Waals surface area contributed by atoms with Crippen molar-refractivity contribution in [1.82, 2.24) is 0 Å². The summed E-state index contributed by atoms with van der Waals surface area (Å²) in [5.41, 5.74) is 4.12. The highest BCUT2D eigenvalue weighted by molar-refractivity contribution is 5.89. The van der Waals surface area contributed by atoms with Crippen molar-refractivity contribution in [1.29, 1.82) is 0 Å². The maximum absolute atomic E-state index is 11.4. The van der Waals surface area contributed by atoms with Gasteiger partial charge in [-0.15, -0.1) is 0 Å². The Morgan fingerprint density at radius 1 is 0.969 bits per heavy atom. The summed E-state index contributed by atoms with van der Waals surface area (Å²) in [6.07, 6.45) is 1.01. The highest BCUT2D eigenvalue weighted by atomic mass is 16.5. The number of carbonyl (C=O) groups is 1. The molecule has 4 atom stereocenters. The molecule has 3 aromatic carbocycles. The van der Waals surface area contributed by atoms with Crippen LogP contribution in [-0.4, -0.2) is 22.8 Å². The van der Waals surface area contributed by atoms with Crippen LogP contribution in [0.3, 0.4) is 0 Å². The van der Waals surface area contributed by atoms with Gasteiger partial charge in [0.25, 0.3) is 0 Å². The summed E-state index contributed by atoms with van der Waals surface area (Å²) in [4.78, 5) is 11.4. The quantitative estimate of drug-likeness (QED) is 0.519. The number of hydrogen-bond donors (Lipinski definition) is 1. The zero-order chi connectivity index (χ0) is 22.5. The fourth-order valence-electron chi connectivity index (χ4n) is 5.29. The van der Waals surface area contributed by atoms with Gasteiger partial charge in [-0.05, 0) is 68.1 Å². The van der Waals surface area contributed by atoms with Gasteiger partial charge in [0.15, 0.2) is 0 Å². The Morgan fingerprint density at radius 2 is 1.72 bits per heavy atom. The van der Waals surface area contributed by atoms with Crippen LogP contribution in [0.4, 0.5) is 0 Å². The molecule has 164 valence electrons. The monoisotopic (exact) mass is 428 g/mol. The van der Waals surface area contributed by atoms with Crippen LogP contribution in [0.5, 0.6) is 5.75 Å². The maximum atomic E-state index is 11.4. The lowest BCUT2D eigenvalue weighted by Crippen LogP contribution is -2.50. The average molecular weight is 429 g/mol. The molecule has 2 heterocycles. The molecule has 0 spiro atoms. The summed E-state index contributed by atoms with van der Waals surface area (Å²) in [6.45, 7) is 6.47. The Hall–Kier alpha value is -3.11. The first-order chi connectivity index (χ1) is 15.3. The minimum absolute atomic E-state index is 0.0636. The second-order valence-electron chi connectivity index (χ2n) is 9.47. The Labute approximate surface area is 188 Å². The van der Waals surface area contributed by atoms with Crippen LogP contribution in [0.15, 0.2) is 72.8 Å². The van der Waals surface area contributed by atoms with E-state index in [0.717, 1.165) is 28.9 Å². The molecule has 4 nitrogen and oxygen atoms in total. The fourth-order valence-corrected chi connectivity index (χ4v) is 5.29. The van der Waals surface area contributed by atoms with E-state index in [1.54, 1.807) is 18.2 Å². The molecule has 2 aliphatic heterocycles. The summed E-state index contributed by atoms with van der Waals surface area (Å²) in [5, 5.41) is 9.37. The molecule has 3 aromatic rings. The number of aromatic carboxylic acids is 1. The van der Waals surface area contributed by atoms with Gasteiger partial charge in [0.2, 0.25) is 0 Å². The molecular weight excluding hydrogens is 400 g/mol. The van der Waals surface area contributed by atoms with E-state index in [0.29, 0.717) is 5.92 Å².